The zero-order chi connectivity index (χ0) is 21.7. The molecular weight excluding hydrogens is 432 g/mol. The third-order valence-corrected chi connectivity index (χ3v) is 6.65. The van der Waals surface area contributed by atoms with Crippen molar-refractivity contribution in [2.45, 2.75) is 25.3 Å². The van der Waals surface area contributed by atoms with Crippen molar-refractivity contribution >= 4 is 27.5 Å². The first-order chi connectivity index (χ1) is 14.3. The molecule has 0 aromatic heterocycles. The third-order valence-electron chi connectivity index (χ3n) is 4.44. The maximum Gasteiger partial charge on any atom is 0.243 e. The molecule has 0 fully saturated rings. The molecule has 1 N–H and O–H groups in total. The maximum absolute atomic E-state index is 12.9. The van der Waals surface area contributed by atoms with Gasteiger partial charge in [0, 0.05) is 13.1 Å². The lowest BCUT2D eigenvalue weighted by Crippen LogP contribution is -2.40. The van der Waals surface area contributed by atoms with Gasteiger partial charge in [0.2, 0.25) is 22.7 Å². The number of carbonyl (C=O) groups is 1. The molecule has 0 saturated carbocycles. The number of carbonyl (C=O) groups excluding carboxylic acids is 1. The third kappa shape index (κ3) is 4.97. The Hall–Kier alpha value is -2.49. The SMILES string of the molecule is CCOc1ccc(S(=O)(=O)N(CC)CC(=O)NCc2ccc3c(c2)OCO3)cc1Cl. The van der Waals surface area contributed by atoms with Crippen molar-refractivity contribution in [3.05, 3.63) is 47.0 Å². The molecule has 30 heavy (non-hydrogen) atoms. The van der Waals surface area contributed by atoms with Crippen LogP contribution in [0.4, 0.5) is 0 Å². The number of fused-ring (bicyclic) bond motifs is 1. The fourth-order valence-corrected chi connectivity index (χ4v) is 4.63. The molecule has 0 atom stereocenters. The molecule has 0 spiro atoms. The second-order valence-corrected chi connectivity index (χ2v) is 8.77. The standard InChI is InChI=1S/C20H23ClN2O6S/c1-3-23(30(25,26)15-6-8-17(27-4-2)16(21)10-15)12-20(24)22-11-14-5-7-18-19(9-14)29-13-28-18/h5-10H,3-4,11-13H2,1-2H3,(H,22,24). The molecule has 0 bridgehead atoms. The number of amides is 1. The maximum atomic E-state index is 12.9. The molecule has 3 rings (SSSR count). The Labute approximate surface area is 180 Å². The predicted molar refractivity (Wildman–Crippen MR) is 111 cm³/mol. The zero-order valence-electron chi connectivity index (χ0n) is 16.7. The van der Waals surface area contributed by atoms with Gasteiger partial charge in [-0.2, -0.15) is 4.31 Å². The van der Waals surface area contributed by atoms with Gasteiger partial charge in [0.05, 0.1) is 23.1 Å². The molecule has 10 heteroatoms. The molecule has 1 aliphatic rings. The van der Waals surface area contributed by atoms with Crippen molar-refractivity contribution < 1.29 is 27.4 Å². The van der Waals surface area contributed by atoms with E-state index in [-0.39, 0.29) is 36.3 Å². The largest absolute Gasteiger partial charge is 0.492 e. The van der Waals surface area contributed by atoms with Crippen molar-refractivity contribution in [2.24, 2.45) is 0 Å². The van der Waals surface area contributed by atoms with Gasteiger partial charge < -0.3 is 19.5 Å². The van der Waals surface area contributed by atoms with Gasteiger partial charge in [0.1, 0.15) is 5.75 Å². The number of hydrogen-bond acceptors (Lipinski definition) is 6. The molecule has 1 amide bonds. The van der Waals surface area contributed by atoms with Crippen LogP contribution in [0.25, 0.3) is 0 Å². The minimum absolute atomic E-state index is 0.00127. The van der Waals surface area contributed by atoms with Crippen molar-refractivity contribution in [1.82, 2.24) is 9.62 Å². The molecule has 1 heterocycles. The van der Waals surface area contributed by atoms with E-state index in [4.69, 9.17) is 25.8 Å². The molecule has 0 unspecified atom stereocenters. The van der Waals surface area contributed by atoms with Crippen LogP contribution in [0.1, 0.15) is 19.4 Å². The normalized spacial score (nSPS) is 12.8. The van der Waals surface area contributed by atoms with E-state index in [1.807, 2.05) is 13.0 Å². The van der Waals surface area contributed by atoms with Crippen LogP contribution < -0.4 is 19.5 Å². The number of benzene rings is 2. The van der Waals surface area contributed by atoms with Crippen molar-refractivity contribution in [3.8, 4) is 17.2 Å². The summed E-state index contributed by atoms with van der Waals surface area (Å²) in [5, 5.41) is 2.92. The lowest BCUT2D eigenvalue weighted by Gasteiger charge is -2.20. The first-order valence-corrected chi connectivity index (χ1v) is 11.2. The summed E-state index contributed by atoms with van der Waals surface area (Å²) in [7, 11) is -3.90. The molecule has 0 saturated heterocycles. The summed E-state index contributed by atoms with van der Waals surface area (Å²) >= 11 is 6.12. The van der Waals surface area contributed by atoms with E-state index in [0.29, 0.717) is 23.9 Å². The fourth-order valence-electron chi connectivity index (χ4n) is 2.90. The lowest BCUT2D eigenvalue weighted by atomic mass is 10.2. The molecule has 2 aromatic rings. The number of ether oxygens (including phenoxy) is 3. The number of halogens is 1. The van der Waals surface area contributed by atoms with Crippen LogP contribution in [-0.4, -0.2) is 45.1 Å². The summed E-state index contributed by atoms with van der Waals surface area (Å²) in [6.07, 6.45) is 0. The fraction of sp³-hybridized carbons (Fsp3) is 0.350. The first kappa shape index (κ1) is 22.2. The number of sulfonamides is 1. The molecule has 2 aromatic carbocycles. The summed E-state index contributed by atoms with van der Waals surface area (Å²) in [5.41, 5.74) is 0.816. The highest BCUT2D eigenvalue weighted by Gasteiger charge is 2.26. The van der Waals surface area contributed by atoms with Gasteiger partial charge in [-0.1, -0.05) is 24.6 Å². The van der Waals surface area contributed by atoms with Crippen molar-refractivity contribution in [2.75, 3.05) is 26.5 Å². The summed E-state index contributed by atoms with van der Waals surface area (Å²) in [4.78, 5) is 12.4. The highest BCUT2D eigenvalue weighted by molar-refractivity contribution is 7.89. The Kier molecular flexibility index (Phi) is 7.06. The summed E-state index contributed by atoms with van der Waals surface area (Å²) < 4.78 is 42.9. The van der Waals surface area contributed by atoms with E-state index in [9.17, 15) is 13.2 Å². The van der Waals surface area contributed by atoms with Gasteiger partial charge in [-0.15, -0.1) is 0 Å². The van der Waals surface area contributed by atoms with E-state index in [1.54, 1.807) is 19.1 Å². The van der Waals surface area contributed by atoms with Crippen LogP contribution in [0.15, 0.2) is 41.3 Å². The van der Waals surface area contributed by atoms with Crippen LogP contribution >= 0.6 is 11.6 Å². The molecule has 0 radical (unpaired) electrons. The summed E-state index contributed by atoms with van der Waals surface area (Å²) in [5.74, 6) is 1.26. The lowest BCUT2D eigenvalue weighted by molar-refractivity contribution is -0.121. The highest BCUT2D eigenvalue weighted by atomic mass is 35.5. The molecule has 162 valence electrons. The summed E-state index contributed by atoms with van der Waals surface area (Å²) in [6.45, 7) is 4.11. The van der Waals surface area contributed by atoms with Gasteiger partial charge >= 0.3 is 0 Å². The molecule has 1 aliphatic heterocycles. The van der Waals surface area contributed by atoms with E-state index in [0.717, 1.165) is 9.87 Å². The second-order valence-electron chi connectivity index (χ2n) is 6.42. The Morgan fingerprint density at radius 1 is 1.17 bits per heavy atom. The quantitative estimate of drug-likeness (QED) is 0.626. The zero-order valence-corrected chi connectivity index (χ0v) is 18.3. The molecule has 8 nitrogen and oxygen atoms in total. The first-order valence-electron chi connectivity index (χ1n) is 9.42. The van der Waals surface area contributed by atoms with Gasteiger partial charge in [0.25, 0.3) is 0 Å². The van der Waals surface area contributed by atoms with E-state index in [2.05, 4.69) is 5.32 Å². The van der Waals surface area contributed by atoms with Gasteiger partial charge in [-0.25, -0.2) is 8.42 Å². The summed E-state index contributed by atoms with van der Waals surface area (Å²) in [6, 6.07) is 9.60. The van der Waals surface area contributed by atoms with Crippen LogP contribution in [0.3, 0.4) is 0 Å². The Bertz CT molecular complexity index is 1030. The number of nitrogens with zero attached hydrogens (tertiary/aromatic N) is 1. The minimum atomic E-state index is -3.90. The van der Waals surface area contributed by atoms with Crippen molar-refractivity contribution in [1.29, 1.82) is 0 Å². The molecule has 0 aliphatic carbocycles. The highest BCUT2D eigenvalue weighted by Crippen LogP contribution is 2.32. The average Bonchev–Trinajstić information content (AvgIpc) is 3.19. The van der Waals surface area contributed by atoms with E-state index in [1.165, 1.54) is 18.2 Å². The van der Waals surface area contributed by atoms with Crippen LogP contribution in [0, 0.1) is 0 Å². The van der Waals surface area contributed by atoms with Gasteiger partial charge in [0.15, 0.2) is 11.5 Å². The van der Waals surface area contributed by atoms with E-state index >= 15 is 0 Å². The van der Waals surface area contributed by atoms with Gasteiger partial charge in [-0.3, -0.25) is 4.79 Å². The average molecular weight is 455 g/mol. The second kappa shape index (κ2) is 9.55. The van der Waals surface area contributed by atoms with Crippen LogP contribution in [0.2, 0.25) is 5.02 Å². The number of nitrogens with one attached hydrogen (secondary N) is 1. The molecular formula is C20H23ClN2O6S. The van der Waals surface area contributed by atoms with E-state index < -0.39 is 15.9 Å². The van der Waals surface area contributed by atoms with Gasteiger partial charge in [-0.05, 0) is 42.8 Å². The Balaban J connectivity index is 1.64. The Morgan fingerprint density at radius 2 is 1.93 bits per heavy atom. The smallest absolute Gasteiger partial charge is 0.243 e. The minimum Gasteiger partial charge on any atom is -0.492 e. The number of rotatable bonds is 9. The van der Waals surface area contributed by atoms with Crippen LogP contribution in [-0.2, 0) is 21.4 Å². The van der Waals surface area contributed by atoms with Crippen LogP contribution in [0.5, 0.6) is 17.2 Å². The topological polar surface area (TPSA) is 94.2 Å². The number of likely N-dealkylation sites (N-methyl/N-ethyl adjacent to an activating group) is 1. The Morgan fingerprint density at radius 3 is 2.63 bits per heavy atom. The monoisotopic (exact) mass is 454 g/mol. The van der Waals surface area contributed by atoms with Crippen molar-refractivity contribution in [3.63, 3.8) is 0 Å². The number of hydrogen-bond donors (Lipinski definition) is 1. The predicted octanol–water partition coefficient (Wildman–Crippen LogP) is 2.79.